The first-order valence-corrected chi connectivity index (χ1v) is 8.80. The largest absolute Gasteiger partial charge is 0.493 e. The minimum atomic E-state index is 0.0346. The number of carbonyl (C=O) groups excluding carboxylic acids is 1. The lowest BCUT2D eigenvalue weighted by molar-refractivity contribution is -0.118. The third-order valence-electron chi connectivity index (χ3n) is 4.34. The van der Waals surface area contributed by atoms with Crippen LogP contribution in [0.4, 0.5) is 5.69 Å². The van der Waals surface area contributed by atoms with Crippen molar-refractivity contribution in [3.8, 4) is 11.5 Å². The Balaban J connectivity index is 1.73. The van der Waals surface area contributed by atoms with Gasteiger partial charge in [0.1, 0.15) is 5.76 Å². The molecule has 0 fully saturated rings. The van der Waals surface area contributed by atoms with Crippen molar-refractivity contribution < 1.29 is 18.7 Å². The van der Waals surface area contributed by atoms with Crippen LogP contribution < -0.4 is 14.4 Å². The van der Waals surface area contributed by atoms with Gasteiger partial charge in [0.05, 0.1) is 27.0 Å². The van der Waals surface area contributed by atoms with E-state index in [9.17, 15) is 4.79 Å². The van der Waals surface area contributed by atoms with E-state index < -0.39 is 0 Å². The second-order valence-electron chi connectivity index (χ2n) is 6.08. The van der Waals surface area contributed by atoms with Crippen molar-refractivity contribution in [2.24, 2.45) is 0 Å². The molecule has 1 amide bonds. The van der Waals surface area contributed by atoms with E-state index >= 15 is 0 Å². The molecule has 3 rings (SSSR count). The monoisotopic (exact) mass is 365 g/mol. The smallest absolute Gasteiger partial charge is 0.227 e. The van der Waals surface area contributed by atoms with E-state index in [1.807, 2.05) is 60.7 Å². The van der Waals surface area contributed by atoms with Crippen LogP contribution in [0.15, 0.2) is 71.3 Å². The summed E-state index contributed by atoms with van der Waals surface area (Å²) >= 11 is 0. The number of amides is 1. The highest BCUT2D eigenvalue weighted by Gasteiger charge is 2.17. The molecule has 0 spiro atoms. The van der Waals surface area contributed by atoms with Crippen molar-refractivity contribution >= 4 is 11.6 Å². The summed E-state index contributed by atoms with van der Waals surface area (Å²) in [6, 6.07) is 19.1. The number of para-hydroxylation sites is 1. The average Bonchev–Trinajstić information content (AvgIpc) is 3.24. The zero-order chi connectivity index (χ0) is 19.1. The lowest BCUT2D eigenvalue weighted by atomic mass is 10.1. The van der Waals surface area contributed by atoms with Gasteiger partial charge >= 0.3 is 0 Å². The van der Waals surface area contributed by atoms with Crippen molar-refractivity contribution in [2.45, 2.75) is 19.4 Å². The van der Waals surface area contributed by atoms with Gasteiger partial charge in [-0.15, -0.1) is 0 Å². The molecule has 0 aliphatic rings. The standard InChI is InChI=1S/C22H23NO4/c1-25-20-12-10-17(15-21(20)26-2)11-13-22(24)23(16-19-9-6-14-27-19)18-7-4-3-5-8-18/h3-10,12,14-15H,11,13,16H2,1-2H3. The molecule has 5 nitrogen and oxygen atoms in total. The number of hydrogen-bond donors (Lipinski definition) is 0. The van der Waals surface area contributed by atoms with Gasteiger partial charge in [0.25, 0.3) is 0 Å². The Morgan fingerprint density at radius 3 is 2.41 bits per heavy atom. The molecule has 0 radical (unpaired) electrons. The zero-order valence-corrected chi connectivity index (χ0v) is 15.6. The molecule has 140 valence electrons. The van der Waals surface area contributed by atoms with E-state index in [0.717, 1.165) is 17.0 Å². The Morgan fingerprint density at radius 2 is 1.74 bits per heavy atom. The molecule has 2 aromatic carbocycles. The van der Waals surface area contributed by atoms with Crippen LogP contribution in [0, 0.1) is 0 Å². The first kappa shape index (κ1) is 18.6. The molecule has 3 aromatic rings. The third kappa shape index (κ3) is 4.70. The van der Waals surface area contributed by atoms with Gasteiger partial charge in [0, 0.05) is 12.1 Å². The van der Waals surface area contributed by atoms with Crippen LogP contribution in [0.2, 0.25) is 0 Å². The Kier molecular flexibility index (Phi) is 6.15. The number of aryl methyl sites for hydroxylation is 1. The third-order valence-corrected chi connectivity index (χ3v) is 4.34. The molecule has 0 unspecified atom stereocenters. The molecule has 5 heteroatoms. The summed E-state index contributed by atoms with van der Waals surface area (Å²) in [5.74, 6) is 2.12. The number of benzene rings is 2. The van der Waals surface area contributed by atoms with Crippen LogP contribution in [-0.4, -0.2) is 20.1 Å². The van der Waals surface area contributed by atoms with Crippen LogP contribution in [0.1, 0.15) is 17.7 Å². The molecule has 0 saturated carbocycles. The molecule has 1 heterocycles. The highest BCUT2D eigenvalue weighted by atomic mass is 16.5. The van der Waals surface area contributed by atoms with Crippen LogP contribution in [0.3, 0.4) is 0 Å². The van der Waals surface area contributed by atoms with Gasteiger partial charge in [-0.05, 0) is 48.4 Å². The molecule has 0 aliphatic carbocycles. The normalized spacial score (nSPS) is 10.4. The van der Waals surface area contributed by atoms with Gasteiger partial charge in [-0.3, -0.25) is 4.79 Å². The first-order chi connectivity index (χ1) is 13.2. The van der Waals surface area contributed by atoms with E-state index in [4.69, 9.17) is 13.9 Å². The Labute approximate surface area is 159 Å². The molecule has 1 aromatic heterocycles. The highest BCUT2D eigenvalue weighted by molar-refractivity contribution is 5.93. The molecule has 0 atom stereocenters. The predicted molar refractivity (Wildman–Crippen MR) is 104 cm³/mol. The summed E-state index contributed by atoms with van der Waals surface area (Å²) in [6.45, 7) is 0.405. The Bertz CT molecular complexity index is 859. The number of furan rings is 1. The van der Waals surface area contributed by atoms with Crippen LogP contribution in [0.25, 0.3) is 0 Å². The van der Waals surface area contributed by atoms with E-state index in [0.29, 0.717) is 30.9 Å². The zero-order valence-electron chi connectivity index (χ0n) is 15.6. The maximum Gasteiger partial charge on any atom is 0.227 e. The fourth-order valence-electron chi connectivity index (χ4n) is 2.91. The summed E-state index contributed by atoms with van der Waals surface area (Å²) < 4.78 is 16.0. The second-order valence-corrected chi connectivity index (χ2v) is 6.08. The summed E-state index contributed by atoms with van der Waals surface area (Å²) in [5, 5.41) is 0. The van der Waals surface area contributed by atoms with Gasteiger partial charge in [0.2, 0.25) is 5.91 Å². The molecular formula is C22H23NO4. The van der Waals surface area contributed by atoms with Gasteiger partial charge in [-0.2, -0.15) is 0 Å². The first-order valence-electron chi connectivity index (χ1n) is 8.80. The van der Waals surface area contributed by atoms with E-state index in [2.05, 4.69) is 0 Å². The van der Waals surface area contributed by atoms with Crippen LogP contribution >= 0.6 is 0 Å². The number of methoxy groups -OCH3 is 2. The minimum Gasteiger partial charge on any atom is -0.493 e. The van der Waals surface area contributed by atoms with Crippen molar-refractivity contribution in [3.63, 3.8) is 0 Å². The van der Waals surface area contributed by atoms with Crippen molar-refractivity contribution in [3.05, 3.63) is 78.3 Å². The molecular weight excluding hydrogens is 342 g/mol. The number of rotatable bonds is 8. The van der Waals surface area contributed by atoms with Crippen LogP contribution in [-0.2, 0) is 17.8 Å². The molecule has 0 bridgehead atoms. The maximum absolute atomic E-state index is 12.9. The average molecular weight is 365 g/mol. The van der Waals surface area contributed by atoms with Crippen molar-refractivity contribution in [2.75, 3.05) is 19.1 Å². The number of ether oxygens (including phenoxy) is 2. The Morgan fingerprint density at radius 1 is 0.963 bits per heavy atom. The fourth-order valence-corrected chi connectivity index (χ4v) is 2.91. The van der Waals surface area contributed by atoms with Gasteiger partial charge in [0.15, 0.2) is 11.5 Å². The van der Waals surface area contributed by atoms with Gasteiger partial charge in [-0.1, -0.05) is 24.3 Å². The maximum atomic E-state index is 12.9. The number of anilines is 1. The van der Waals surface area contributed by atoms with E-state index in [1.54, 1.807) is 25.4 Å². The fraction of sp³-hybridized carbons (Fsp3) is 0.227. The summed E-state index contributed by atoms with van der Waals surface area (Å²) in [4.78, 5) is 14.7. The molecule has 0 aliphatic heterocycles. The van der Waals surface area contributed by atoms with Crippen LogP contribution in [0.5, 0.6) is 11.5 Å². The SMILES string of the molecule is COc1ccc(CCC(=O)N(Cc2ccco2)c2ccccc2)cc1OC. The molecule has 0 saturated heterocycles. The number of carbonyl (C=O) groups is 1. The van der Waals surface area contributed by atoms with E-state index in [1.165, 1.54) is 0 Å². The number of hydrogen-bond acceptors (Lipinski definition) is 4. The van der Waals surface area contributed by atoms with Crippen molar-refractivity contribution in [1.82, 2.24) is 0 Å². The summed E-state index contributed by atoms with van der Waals surface area (Å²) in [7, 11) is 3.21. The second kappa shape index (κ2) is 8.94. The quantitative estimate of drug-likeness (QED) is 0.591. The topological polar surface area (TPSA) is 51.9 Å². The Hall–Kier alpha value is -3.21. The van der Waals surface area contributed by atoms with Gasteiger partial charge < -0.3 is 18.8 Å². The number of nitrogens with zero attached hydrogens (tertiary/aromatic N) is 1. The molecule has 27 heavy (non-hydrogen) atoms. The van der Waals surface area contributed by atoms with Gasteiger partial charge in [-0.25, -0.2) is 0 Å². The summed E-state index contributed by atoms with van der Waals surface area (Å²) in [6.07, 6.45) is 2.61. The lowest BCUT2D eigenvalue weighted by Gasteiger charge is -2.22. The minimum absolute atomic E-state index is 0.0346. The lowest BCUT2D eigenvalue weighted by Crippen LogP contribution is -2.30. The van der Waals surface area contributed by atoms with Crippen molar-refractivity contribution in [1.29, 1.82) is 0 Å². The molecule has 0 N–H and O–H groups in total. The highest BCUT2D eigenvalue weighted by Crippen LogP contribution is 2.28. The predicted octanol–water partition coefficient (Wildman–Crippen LogP) is 4.46. The van der Waals surface area contributed by atoms with E-state index in [-0.39, 0.29) is 5.91 Å². The summed E-state index contributed by atoms with van der Waals surface area (Å²) in [5.41, 5.74) is 1.87.